The van der Waals surface area contributed by atoms with Crippen molar-refractivity contribution in [2.24, 2.45) is 0 Å². The normalized spacial score (nSPS) is 16.8. The third-order valence-corrected chi connectivity index (χ3v) is 4.63. The third kappa shape index (κ3) is 5.04. The van der Waals surface area contributed by atoms with Crippen LogP contribution in [-0.2, 0) is 14.8 Å². The van der Waals surface area contributed by atoms with E-state index in [0.717, 1.165) is 13.1 Å². The molecule has 22 heavy (non-hydrogen) atoms. The highest BCUT2D eigenvalue weighted by molar-refractivity contribution is 7.89. The molecule has 1 fully saturated rings. The minimum Gasteiger partial charge on any atom is -0.412 e. The van der Waals surface area contributed by atoms with Crippen molar-refractivity contribution in [1.29, 1.82) is 0 Å². The number of rotatable bonds is 4. The van der Waals surface area contributed by atoms with Gasteiger partial charge in [-0.1, -0.05) is 0 Å². The van der Waals surface area contributed by atoms with Gasteiger partial charge in [0.15, 0.2) is 0 Å². The Bertz CT molecular complexity index is 595. The van der Waals surface area contributed by atoms with E-state index in [9.17, 15) is 13.2 Å². The van der Waals surface area contributed by atoms with E-state index in [1.54, 1.807) is 17.1 Å². The van der Waals surface area contributed by atoms with E-state index in [0.29, 0.717) is 18.8 Å². The lowest BCUT2D eigenvalue weighted by atomic mass is 10.3. The standard InChI is InChI=1S/C13H20N4O3S.H2O/c1-11(18)14-12-3-5-13(6-4-12)21(19,20)15-17-9-7-16(2)8-10-17;/h3-6,15H,7-10H2,1-2H3,(H,14,18);1H2. The number of carbonyl (C=O) groups is 1. The molecule has 124 valence electrons. The van der Waals surface area contributed by atoms with Crippen LogP contribution in [0.5, 0.6) is 0 Å². The van der Waals surface area contributed by atoms with Gasteiger partial charge in [-0.3, -0.25) is 4.79 Å². The van der Waals surface area contributed by atoms with Crippen molar-refractivity contribution in [3.8, 4) is 0 Å². The molecule has 1 aliphatic heterocycles. The lowest BCUT2D eigenvalue weighted by Crippen LogP contribution is -2.52. The molecule has 0 atom stereocenters. The summed E-state index contributed by atoms with van der Waals surface area (Å²) in [6, 6.07) is 6.09. The molecule has 9 heteroatoms. The van der Waals surface area contributed by atoms with E-state index in [1.807, 2.05) is 7.05 Å². The van der Waals surface area contributed by atoms with E-state index in [-0.39, 0.29) is 16.3 Å². The number of anilines is 1. The van der Waals surface area contributed by atoms with Crippen molar-refractivity contribution < 1.29 is 18.7 Å². The van der Waals surface area contributed by atoms with Crippen molar-refractivity contribution in [3.63, 3.8) is 0 Å². The fourth-order valence-electron chi connectivity index (χ4n) is 2.04. The average molecular weight is 330 g/mol. The monoisotopic (exact) mass is 330 g/mol. The molecule has 1 aromatic rings. The van der Waals surface area contributed by atoms with Crippen LogP contribution in [0.25, 0.3) is 0 Å². The molecular weight excluding hydrogens is 308 g/mol. The largest absolute Gasteiger partial charge is 0.412 e. The highest BCUT2D eigenvalue weighted by atomic mass is 32.2. The van der Waals surface area contributed by atoms with Crippen LogP contribution in [0.4, 0.5) is 5.69 Å². The Morgan fingerprint density at radius 3 is 2.14 bits per heavy atom. The van der Waals surface area contributed by atoms with Crippen LogP contribution >= 0.6 is 0 Å². The van der Waals surface area contributed by atoms with E-state index >= 15 is 0 Å². The summed E-state index contributed by atoms with van der Waals surface area (Å²) in [5.74, 6) is -0.193. The number of nitrogens with zero attached hydrogens (tertiary/aromatic N) is 2. The SMILES string of the molecule is CC(=O)Nc1ccc(S(=O)(=O)NN2CCN(C)CC2)cc1.O. The zero-order chi connectivity index (χ0) is 15.5. The summed E-state index contributed by atoms with van der Waals surface area (Å²) in [5.41, 5.74) is 0.570. The molecule has 0 bridgehead atoms. The van der Waals surface area contributed by atoms with Gasteiger partial charge in [-0.15, -0.1) is 4.83 Å². The molecular formula is C13H22N4O4S. The van der Waals surface area contributed by atoms with Crippen LogP contribution in [0.1, 0.15) is 6.92 Å². The highest BCUT2D eigenvalue weighted by Gasteiger charge is 2.21. The average Bonchev–Trinajstić information content (AvgIpc) is 2.41. The van der Waals surface area contributed by atoms with Gasteiger partial charge in [-0.2, -0.15) is 0 Å². The van der Waals surface area contributed by atoms with E-state index in [2.05, 4.69) is 15.0 Å². The first kappa shape index (κ1) is 18.5. The van der Waals surface area contributed by atoms with Gasteiger partial charge in [-0.25, -0.2) is 13.4 Å². The van der Waals surface area contributed by atoms with Gasteiger partial charge >= 0.3 is 0 Å². The summed E-state index contributed by atoms with van der Waals surface area (Å²) < 4.78 is 24.5. The molecule has 0 saturated carbocycles. The van der Waals surface area contributed by atoms with Gasteiger partial charge in [0.1, 0.15) is 0 Å². The Kier molecular flexibility index (Phi) is 6.45. The van der Waals surface area contributed by atoms with Gasteiger partial charge in [0.25, 0.3) is 10.0 Å². The van der Waals surface area contributed by atoms with Crippen molar-refractivity contribution >= 4 is 21.6 Å². The lowest BCUT2D eigenvalue weighted by Gasteiger charge is -2.32. The Balaban J connectivity index is 0.00000242. The topological polar surface area (TPSA) is 113 Å². The van der Waals surface area contributed by atoms with Crippen LogP contribution in [0.2, 0.25) is 0 Å². The van der Waals surface area contributed by atoms with Gasteiger partial charge in [0.05, 0.1) is 4.90 Å². The molecule has 1 aliphatic rings. The number of piperazine rings is 1. The first-order chi connectivity index (χ1) is 9.87. The maximum Gasteiger partial charge on any atom is 0.253 e. The Hall–Kier alpha value is -1.52. The zero-order valence-electron chi connectivity index (χ0n) is 12.7. The molecule has 8 nitrogen and oxygen atoms in total. The van der Waals surface area contributed by atoms with Crippen LogP contribution in [-0.4, -0.2) is 62.9 Å². The summed E-state index contributed by atoms with van der Waals surface area (Å²) in [6.07, 6.45) is 0. The minimum absolute atomic E-state index is 0. The number of hydrogen-bond acceptors (Lipinski definition) is 5. The van der Waals surface area contributed by atoms with Crippen molar-refractivity contribution in [2.75, 3.05) is 38.5 Å². The fraction of sp³-hybridized carbons (Fsp3) is 0.462. The number of hydrazine groups is 1. The summed E-state index contributed by atoms with van der Waals surface area (Å²) in [6.45, 7) is 4.35. The molecule has 4 N–H and O–H groups in total. The van der Waals surface area contributed by atoms with E-state index < -0.39 is 10.0 Å². The number of sulfonamides is 1. The number of amides is 1. The molecule has 1 saturated heterocycles. The number of likely N-dealkylation sites (N-methyl/N-ethyl adjacent to an activating group) is 1. The zero-order valence-corrected chi connectivity index (χ0v) is 13.5. The van der Waals surface area contributed by atoms with Gasteiger partial charge < -0.3 is 15.7 Å². The second kappa shape index (κ2) is 7.65. The second-order valence-electron chi connectivity index (χ2n) is 5.09. The molecule has 1 heterocycles. The predicted molar refractivity (Wildman–Crippen MR) is 83.8 cm³/mol. The maximum absolute atomic E-state index is 12.3. The van der Waals surface area contributed by atoms with Crippen LogP contribution in [0.3, 0.4) is 0 Å². The lowest BCUT2D eigenvalue weighted by molar-refractivity contribution is -0.114. The molecule has 0 unspecified atom stereocenters. The maximum atomic E-state index is 12.3. The second-order valence-corrected chi connectivity index (χ2v) is 6.75. The molecule has 0 aromatic heterocycles. The summed E-state index contributed by atoms with van der Waals surface area (Å²) in [5, 5.41) is 4.31. The van der Waals surface area contributed by atoms with Gasteiger partial charge in [0.2, 0.25) is 5.91 Å². The minimum atomic E-state index is -3.58. The Morgan fingerprint density at radius 2 is 1.64 bits per heavy atom. The molecule has 2 rings (SSSR count). The van der Waals surface area contributed by atoms with Crippen molar-refractivity contribution in [1.82, 2.24) is 14.7 Å². The van der Waals surface area contributed by atoms with Gasteiger partial charge in [0, 0.05) is 38.8 Å². The molecule has 0 spiro atoms. The van der Waals surface area contributed by atoms with Crippen molar-refractivity contribution in [3.05, 3.63) is 24.3 Å². The summed E-state index contributed by atoms with van der Waals surface area (Å²) >= 11 is 0. The van der Waals surface area contributed by atoms with Crippen LogP contribution < -0.4 is 10.1 Å². The summed E-state index contributed by atoms with van der Waals surface area (Å²) in [7, 11) is -1.57. The van der Waals surface area contributed by atoms with Crippen LogP contribution in [0, 0.1) is 0 Å². The van der Waals surface area contributed by atoms with E-state index in [1.165, 1.54) is 19.1 Å². The Morgan fingerprint density at radius 1 is 1.09 bits per heavy atom. The summed E-state index contributed by atoms with van der Waals surface area (Å²) in [4.78, 5) is 15.8. The van der Waals surface area contributed by atoms with Gasteiger partial charge in [-0.05, 0) is 31.3 Å². The Labute approximate surface area is 130 Å². The molecule has 1 amide bonds. The highest BCUT2D eigenvalue weighted by Crippen LogP contribution is 2.14. The number of carbonyl (C=O) groups excluding carboxylic acids is 1. The van der Waals surface area contributed by atoms with Crippen molar-refractivity contribution in [2.45, 2.75) is 11.8 Å². The number of hydrogen-bond donors (Lipinski definition) is 2. The van der Waals surface area contributed by atoms with E-state index in [4.69, 9.17) is 0 Å². The molecule has 1 aromatic carbocycles. The third-order valence-electron chi connectivity index (χ3n) is 3.24. The predicted octanol–water partition coefficient (Wildman–Crippen LogP) is -0.739. The fourth-order valence-corrected chi connectivity index (χ4v) is 3.16. The molecule has 0 radical (unpaired) electrons. The number of nitrogens with one attached hydrogen (secondary N) is 2. The quantitative estimate of drug-likeness (QED) is 0.755. The first-order valence-corrected chi connectivity index (χ1v) is 8.19. The van der Waals surface area contributed by atoms with Crippen LogP contribution in [0.15, 0.2) is 29.2 Å². The first-order valence-electron chi connectivity index (χ1n) is 6.70. The smallest absolute Gasteiger partial charge is 0.253 e. The molecule has 0 aliphatic carbocycles. The number of benzene rings is 1.